The number of amides is 1. The quantitative estimate of drug-likeness (QED) is 0.662. The van der Waals surface area contributed by atoms with Gasteiger partial charge in [0.15, 0.2) is 0 Å². The molecule has 0 spiro atoms. The number of carbonyl (C=O) groups excluding carboxylic acids is 1. The molecule has 0 aromatic heterocycles. The van der Waals surface area contributed by atoms with Crippen molar-refractivity contribution in [3.05, 3.63) is 0 Å². The van der Waals surface area contributed by atoms with E-state index in [1.807, 2.05) is 11.9 Å². The molecule has 3 N–H and O–H groups in total. The maximum absolute atomic E-state index is 11.3. The third-order valence-corrected chi connectivity index (χ3v) is 2.15. The molecule has 0 saturated carbocycles. The van der Waals surface area contributed by atoms with Gasteiger partial charge in [0.25, 0.3) is 0 Å². The highest BCUT2D eigenvalue weighted by Crippen LogP contribution is 2.05. The summed E-state index contributed by atoms with van der Waals surface area (Å²) in [4.78, 5) is 11.3. The second kappa shape index (κ2) is 5.19. The molecular formula is C9H19N3O. The van der Waals surface area contributed by atoms with Crippen LogP contribution >= 0.6 is 0 Å². The van der Waals surface area contributed by atoms with E-state index >= 15 is 0 Å². The van der Waals surface area contributed by atoms with Crippen LogP contribution in [0.4, 0.5) is 0 Å². The predicted molar refractivity (Wildman–Crippen MR) is 51.8 cm³/mol. The first-order valence-corrected chi connectivity index (χ1v) is 4.98. The Morgan fingerprint density at radius 1 is 1.46 bits per heavy atom. The largest absolute Gasteiger partial charge is 0.327 e. The summed E-state index contributed by atoms with van der Waals surface area (Å²) in [7, 11) is 0. The summed E-state index contributed by atoms with van der Waals surface area (Å²) in [6.07, 6.45) is 4.05. The maximum atomic E-state index is 11.3. The first-order valence-electron chi connectivity index (χ1n) is 4.98. The van der Waals surface area contributed by atoms with Crippen LogP contribution in [0.3, 0.4) is 0 Å². The molecule has 1 rings (SSSR count). The fourth-order valence-corrected chi connectivity index (χ4v) is 1.52. The summed E-state index contributed by atoms with van der Waals surface area (Å²) in [5.74, 6) is 0.0388. The molecule has 4 heteroatoms. The molecule has 0 aliphatic carbocycles. The maximum Gasteiger partial charge on any atom is 0.235 e. The van der Waals surface area contributed by atoms with Gasteiger partial charge in [-0.05, 0) is 19.8 Å². The van der Waals surface area contributed by atoms with Crippen LogP contribution in [0.15, 0.2) is 0 Å². The van der Waals surface area contributed by atoms with Crippen LogP contribution in [0.25, 0.3) is 0 Å². The van der Waals surface area contributed by atoms with Crippen LogP contribution in [-0.4, -0.2) is 30.0 Å². The molecule has 1 fully saturated rings. The molecule has 0 aromatic carbocycles. The van der Waals surface area contributed by atoms with Crippen molar-refractivity contribution in [3.8, 4) is 0 Å². The van der Waals surface area contributed by atoms with Gasteiger partial charge in [0.2, 0.25) is 5.91 Å². The molecule has 1 unspecified atom stereocenters. The lowest BCUT2D eigenvalue weighted by molar-refractivity contribution is -0.126. The Balaban J connectivity index is 2.18. The van der Waals surface area contributed by atoms with Gasteiger partial charge in [-0.3, -0.25) is 10.2 Å². The first-order chi connectivity index (χ1) is 6.18. The monoisotopic (exact) mass is 185 g/mol. The van der Waals surface area contributed by atoms with Crippen molar-refractivity contribution in [1.29, 1.82) is 0 Å². The zero-order chi connectivity index (χ0) is 9.68. The normalized spacial score (nSPS) is 21.1. The summed E-state index contributed by atoms with van der Waals surface area (Å²) in [6.45, 7) is 3.80. The minimum atomic E-state index is -0.0511. The van der Waals surface area contributed by atoms with Crippen LogP contribution in [0, 0.1) is 0 Å². The van der Waals surface area contributed by atoms with Gasteiger partial charge in [-0.25, -0.2) is 5.01 Å². The number of carbonyl (C=O) groups is 1. The number of rotatable bonds is 3. The van der Waals surface area contributed by atoms with Crippen LogP contribution in [0.5, 0.6) is 0 Å². The Hall–Kier alpha value is -0.610. The van der Waals surface area contributed by atoms with Crippen molar-refractivity contribution < 1.29 is 4.79 Å². The molecule has 1 atom stereocenters. The summed E-state index contributed by atoms with van der Waals surface area (Å²) in [5.41, 5.74) is 8.38. The molecule has 1 aliphatic rings. The van der Waals surface area contributed by atoms with E-state index in [0.29, 0.717) is 6.42 Å². The number of hydrogen-bond acceptors (Lipinski definition) is 3. The minimum absolute atomic E-state index is 0.0388. The number of nitrogens with zero attached hydrogens (tertiary/aromatic N) is 1. The van der Waals surface area contributed by atoms with Crippen LogP contribution in [-0.2, 0) is 4.79 Å². The average Bonchev–Trinajstić information content (AvgIpc) is 2.04. The summed E-state index contributed by atoms with van der Waals surface area (Å²) < 4.78 is 0. The van der Waals surface area contributed by atoms with E-state index < -0.39 is 0 Å². The molecule has 0 radical (unpaired) electrons. The zero-order valence-electron chi connectivity index (χ0n) is 8.25. The molecule has 13 heavy (non-hydrogen) atoms. The number of nitrogens with one attached hydrogen (secondary N) is 1. The van der Waals surface area contributed by atoms with E-state index in [0.717, 1.165) is 13.1 Å². The van der Waals surface area contributed by atoms with E-state index in [-0.39, 0.29) is 11.9 Å². The summed E-state index contributed by atoms with van der Waals surface area (Å²) in [6, 6.07) is -0.0511. The number of hydrogen-bond donors (Lipinski definition) is 2. The molecular weight excluding hydrogens is 166 g/mol. The Labute approximate surface area is 79.4 Å². The Kier molecular flexibility index (Phi) is 4.18. The Morgan fingerprint density at radius 2 is 2.08 bits per heavy atom. The van der Waals surface area contributed by atoms with Gasteiger partial charge in [-0.1, -0.05) is 6.42 Å². The number of piperidine rings is 1. The topological polar surface area (TPSA) is 58.4 Å². The highest BCUT2D eigenvalue weighted by atomic mass is 16.2. The van der Waals surface area contributed by atoms with E-state index in [1.54, 1.807) is 0 Å². The van der Waals surface area contributed by atoms with Gasteiger partial charge in [0, 0.05) is 25.6 Å². The molecule has 1 aliphatic heterocycles. The Bertz CT molecular complexity index is 164. The molecule has 1 saturated heterocycles. The van der Waals surface area contributed by atoms with Crippen molar-refractivity contribution in [2.75, 3.05) is 13.1 Å². The zero-order valence-corrected chi connectivity index (χ0v) is 8.25. The minimum Gasteiger partial charge on any atom is -0.327 e. The molecule has 1 amide bonds. The fraction of sp³-hybridized carbons (Fsp3) is 0.889. The SMILES string of the molecule is CC(N)CC(=O)NN1CCCCC1. The highest BCUT2D eigenvalue weighted by molar-refractivity contribution is 5.75. The lowest BCUT2D eigenvalue weighted by atomic mass is 10.2. The van der Waals surface area contributed by atoms with Gasteiger partial charge in [0.05, 0.1) is 0 Å². The smallest absolute Gasteiger partial charge is 0.235 e. The number of hydrazine groups is 1. The third-order valence-electron chi connectivity index (χ3n) is 2.15. The van der Waals surface area contributed by atoms with Gasteiger partial charge in [-0.15, -0.1) is 0 Å². The molecule has 4 nitrogen and oxygen atoms in total. The van der Waals surface area contributed by atoms with Crippen molar-refractivity contribution in [3.63, 3.8) is 0 Å². The second-order valence-electron chi connectivity index (χ2n) is 3.76. The lowest BCUT2D eigenvalue weighted by Gasteiger charge is -2.27. The first kappa shape index (κ1) is 10.5. The van der Waals surface area contributed by atoms with E-state index in [1.165, 1.54) is 19.3 Å². The van der Waals surface area contributed by atoms with Crippen LogP contribution in [0.1, 0.15) is 32.6 Å². The van der Waals surface area contributed by atoms with Crippen LogP contribution in [0.2, 0.25) is 0 Å². The van der Waals surface area contributed by atoms with Crippen molar-refractivity contribution in [2.45, 2.75) is 38.6 Å². The fourth-order valence-electron chi connectivity index (χ4n) is 1.52. The standard InChI is InChI=1S/C9H19N3O/c1-8(10)7-9(13)11-12-5-3-2-4-6-12/h8H,2-7,10H2,1H3,(H,11,13). The van der Waals surface area contributed by atoms with Gasteiger partial charge in [-0.2, -0.15) is 0 Å². The van der Waals surface area contributed by atoms with E-state index in [2.05, 4.69) is 5.43 Å². The molecule has 76 valence electrons. The van der Waals surface area contributed by atoms with Crippen molar-refractivity contribution in [1.82, 2.24) is 10.4 Å². The molecule has 0 bridgehead atoms. The summed E-state index contributed by atoms with van der Waals surface area (Å²) >= 11 is 0. The predicted octanol–water partition coefficient (Wildman–Crippen LogP) is 0.241. The molecule has 0 aromatic rings. The highest BCUT2D eigenvalue weighted by Gasteiger charge is 2.13. The van der Waals surface area contributed by atoms with Gasteiger partial charge in [0.1, 0.15) is 0 Å². The van der Waals surface area contributed by atoms with E-state index in [4.69, 9.17) is 5.73 Å². The molecule has 1 heterocycles. The van der Waals surface area contributed by atoms with Crippen molar-refractivity contribution in [2.24, 2.45) is 5.73 Å². The van der Waals surface area contributed by atoms with Crippen molar-refractivity contribution >= 4 is 5.91 Å². The van der Waals surface area contributed by atoms with Gasteiger partial charge >= 0.3 is 0 Å². The van der Waals surface area contributed by atoms with E-state index in [9.17, 15) is 4.79 Å². The summed E-state index contributed by atoms with van der Waals surface area (Å²) in [5, 5.41) is 1.99. The second-order valence-corrected chi connectivity index (χ2v) is 3.76. The average molecular weight is 185 g/mol. The third kappa shape index (κ3) is 4.24. The lowest BCUT2D eigenvalue weighted by Crippen LogP contribution is -2.46. The number of nitrogens with two attached hydrogens (primary N) is 1. The van der Waals surface area contributed by atoms with Crippen LogP contribution < -0.4 is 11.2 Å². The Morgan fingerprint density at radius 3 is 2.62 bits per heavy atom. The van der Waals surface area contributed by atoms with Gasteiger partial charge < -0.3 is 5.73 Å².